The van der Waals surface area contributed by atoms with Crippen LogP contribution in [0.5, 0.6) is 0 Å². The second-order valence-corrected chi connectivity index (χ2v) is 10.1. The maximum atomic E-state index is 12.1. The van der Waals surface area contributed by atoms with Crippen LogP contribution in [0.2, 0.25) is 0 Å². The lowest BCUT2D eigenvalue weighted by Crippen LogP contribution is -2.57. The highest BCUT2D eigenvalue weighted by Gasteiger charge is 2.59. The number of hydrogen-bond acceptors (Lipinski definition) is 1. The van der Waals surface area contributed by atoms with Gasteiger partial charge in [-0.25, -0.2) is 0 Å². The molecule has 2 saturated carbocycles. The summed E-state index contributed by atoms with van der Waals surface area (Å²) in [5, 5.41) is 0.0603. The van der Waals surface area contributed by atoms with Gasteiger partial charge in [0.05, 0.1) is 4.83 Å². The lowest BCUT2D eigenvalue weighted by atomic mass is 9.49. The number of Topliss-reactive ketones (excluding diaryl/α,β-unsaturated/α-hetero) is 1. The number of allylic oxidation sites excluding steroid dienone is 1. The molecule has 0 radical (unpaired) electrons. The molecule has 0 saturated heterocycles. The zero-order valence-electron chi connectivity index (χ0n) is 11.7. The molecule has 4 heteroatoms. The lowest BCUT2D eigenvalue weighted by Gasteiger charge is -2.58. The highest BCUT2D eigenvalue weighted by atomic mass is 79.9. The second kappa shape index (κ2) is 4.84. The van der Waals surface area contributed by atoms with Crippen LogP contribution in [0.3, 0.4) is 0 Å². The van der Waals surface area contributed by atoms with Gasteiger partial charge in [-0.1, -0.05) is 57.9 Å². The van der Waals surface area contributed by atoms with E-state index in [1.54, 1.807) is 0 Å². The van der Waals surface area contributed by atoms with Crippen LogP contribution in [-0.4, -0.2) is 20.3 Å². The van der Waals surface area contributed by atoms with Crippen LogP contribution in [-0.2, 0) is 4.79 Å². The average molecular weight is 413 g/mol. The first kappa shape index (κ1) is 16.0. The van der Waals surface area contributed by atoms with Gasteiger partial charge in [-0.05, 0) is 37.0 Å². The van der Waals surface area contributed by atoms with Gasteiger partial charge in [0.1, 0.15) is 0 Å². The number of ketones is 1. The van der Waals surface area contributed by atoms with E-state index in [9.17, 15) is 4.79 Å². The standard InChI is InChI=1S/C15H21Br2ClO/c1-9-7-10(19)12(16)13(2,3)15(9)6-5-14(4,17)11(18)8-15/h11-12H,1,5-8H2,2-4H3/t11-,12-,14+,15+/m0/s1. The molecule has 0 aromatic rings. The van der Waals surface area contributed by atoms with Crippen LogP contribution in [0.4, 0.5) is 0 Å². The quantitative estimate of drug-likeness (QED) is 0.393. The van der Waals surface area contributed by atoms with Gasteiger partial charge in [0.15, 0.2) is 5.78 Å². The van der Waals surface area contributed by atoms with Crippen molar-refractivity contribution in [1.29, 1.82) is 0 Å². The minimum atomic E-state index is -0.143. The monoisotopic (exact) mass is 410 g/mol. The third-order valence-electron chi connectivity index (χ3n) is 5.44. The van der Waals surface area contributed by atoms with Gasteiger partial charge in [-0.2, -0.15) is 0 Å². The molecule has 0 unspecified atom stereocenters. The summed E-state index contributed by atoms with van der Waals surface area (Å²) in [6, 6.07) is 0. The van der Waals surface area contributed by atoms with Crippen LogP contribution >= 0.6 is 43.5 Å². The number of alkyl halides is 3. The summed E-state index contributed by atoms with van der Waals surface area (Å²) in [5.41, 5.74) is 0.900. The molecular weight excluding hydrogens is 391 g/mol. The van der Waals surface area contributed by atoms with Crippen molar-refractivity contribution in [2.75, 3.05) is 0 Å². The molecule has 0 heterocycles. The van der Waals surface area contributed by atoms with E-state index < -0.39 is 0 Å². The van der Waals surface area contributed by atoms with Crippen LogP contribution in [0.15, 0.2) is 12.2 Å². The number of carbonyl (C=O) groups excluding carboxylic acids is 1. The molecule has 19 heavy (non-hydrogen) atoms. The summed E-state index contributed by atoms with van der Waals surface area (Å²) in [6.45, 7) is 10.7. The Bertz CT molecular complexity index is 430. The Morgan fingerprint density at radius 3 is 2.42 bits per heavy atom. The zero-order valence-corrected chi connectivity index (χ0v) is 15.7. The Morgan fingerprint density at radius 2 is 1.89 bits per heavy atom. The van der Waals surface area contributed by atoms with Crippen molar-refractivity contribution >= 4 is 49.2 Å². The van der Waals surface area contributed by atoms with Gasteiger partial charge in [0.25, 0.3) is 0 Å². The minimum Gasteiger partial charge on any atom is -0.298 e. The molecule has 0 aliphatic heterocycles. The normalized spacial score (nSPS) is 46.6. The Kier molecular flexibility index (Phi) is 4.09. The van der Waals surface area contributed by atoms with Crippen molar-refractivity contribution in [3.8, 4) is 0 Å². The fourth-order valence-electron chi connectivity index (χ4n) is 3.71. The van der Waals surface area contributed by atoms with E-state index in [1.165, 1.54) is 0 Å². The summed E-state index contributed by atoms with van der Waals surface area (Å²) in [4.78, 5) is 12.0. The topological polar surface area (TPSA) is 17.1 Å². The summed E-state index contributed by atoms with van der Waals surface area (Å²) in [7, 11) is 0. The van der Waals surface area contributed by atoms with Crippen molar-refractivity contribution in [2.45, 2.75) is 61.0 Å². The molecule has 2 rings (SSSR count). The van der Waals surface area contributed by atoms with E-state index in [1.807, 2.05) is 0 Å². The molecule has 2 aliphatic carbocycles. The first-order chi connectivity index (χ1) is 8.54. The number of carbonyl (C=O) groups is 1. The Labute approximate surface area is 137 Å². The van der Waals surface area contributed by atoms with Crippen molar-refractivity contribution < 1.29 is 4.79 Å². The molecule has 108 valence electrons. The van der Waals surface area contributed by atoms with E-state index in [2.05, 4.69) is 59.2 Å². The summed E-state index contributed by atoms with van der Waals surface area (Å²) in [5.74, 6) is 0.249. The third-order valence-corrected chi connectivity index (χ3v) is 8.94. The number of hydrogen-bond donors (Lipinski definition) is 0. The summed E-state index contributed by atoms with van der Waals surface area (Å²) >= 11 is 14.0. The minimum absolute atomic E-state index is 0.0145. The molecule has 0 N–H and O–H groups in total. The van der Waals surface area contributed by atoms with E-state index in [-0.39, 0.29) is 31.1 Å². The first-order valence-corrected chi connectivity index (χ1v) is 8.87. The van der Waals surface area contributed by atoms with Crippen molar-refractivity contribution in [1.82, 2.24) is 0 Å². The molecule has 0 aromatic heterocycles. The summed E-state index contributed by atoms with van der Waals surface area (Å²) in [6.07, 6.45) is 3.43. The molecule has 0 aromatic carbocycles. The van der Waals surface area contributed by atoms with Gasteiger partial charge in [-0.3, -0.25) is 4.79 Å². The first-order valence-electron chi connectivity index (χ1n) is 6.73. The smallest absolute Gasteiger partial charge is 0.151 e. The molecule has 1 nitrogen and oxygen atoms in total. The highest BCUT2D eigenvalue weighted by Crippen LogP contribution is 2.63. The second-order valence-electron chi connectivity index (χ2n) is 6.86. The Balaban J connectivity index is 2.42. The Morgan fingerprint density at radius 1 is 1.32 bits per heavy atom. The average Bonchev–Trinajstić information content (AvgIpc) is 2.29. The predicted molar refractivity (Wildman–Crippen MR) is 88.5 cm³/mol. The van der Waals surface area contributed by atoms with E-state index in [0.29, 0.717) is 6.42 Å². The van der Waals surface area contributed by atoms with Gasteiger partial charge in [0.2, 0.25) is 0 Å². The maximum Gasteiger partial charge on any atom is 0.151 e. The molecular formula is C15H21Br2ClO. The molecule has 1 spiro atoms. The SMILES string of the molecule is C=C1CC(=O)[C@H](Br)C(C)(C)[C@@]12CC[C@@](C)(Br)[C@@H](Cl)C2. The molecule has 4 atom stereocenters. The van der Waals surface area contributed by atoms with Crippen LogP contribution in [0.25, 0.3) is 0 Å². The lowest BCUT2D eigenvalue weighted by molar-refractivity contribution is -0.125. The predicted octanol–water partition coefficient (Wildman–Crippen LogP) is 5.24. The van der Waals surface area contributed by atoms with Gasteiger partial charge >= 0.3 is 0 Å². The maximum absolute atomic E-state index is 12.1. The molecule has 0 bridgehead atoms. The van der Waals surface area contributed by atoms with E-state index >= 15 is 0 Å². The largest absolute Gasteiger partial charge is 0.298 e. The Hall–Kier alpha value is 0.660. The van der Waals surface area contributed by atoms with Gasteiger partial charge in [0, 0.05) is 16.1 Å². The van der Waals surface area contributed by atoms with Crippen molar-refractivity contribution in [3.05, 3.63) is 12.2 Å². The van der Waals surface area contributed by atoms with Crippen molar-refractivity contribution in [2.24, 2.45) is 10.8 Å². The third kappa shape index (κ3) is 2.28. The zero-order chi connectivity index (χ0) is 14.6. The fraction of sp³-hybridized carbons (Fsp3) is 0.800. The van der Waals surface area contributed by atoms with Crippen LogP contribution < -0.4 is 0 Å². The van der Waals surface area contributed by atoms with Gasteiger partial charge < -0.3 is 0 Å². The fourth-order valence-corrected chi connectivity index (χ4v) is 5.04. The van der Waals surface area contributed by atoms with E-state index in [4.69, 9.17) is 11.6 Å². The molecule has 2 aliphatic rings. The number of rotatable bonds is 0. The van der Waals surface area contributed by atoms with Gasteiger partial charge in [-0.15, -0.1) is 11.6 Å². The van der Waals surface area contributed by atoms with Crippen LogP contribution in [0, 0.1) is 10.8 Å². The van der Waals surface area contributed by atoms with Crippen LogP contribution in [0.1, 0.15) is 46.5 Å². The summed E-state index contributed by atoms with van der Waals surface area (Å²) < 4.78 is -0.0145. The molecule has 2 fully saturated rings. The van der Waals surface area contributed by atoms with E-state index in [0.717, 1.165) is 24.8 Å². The van der Waals surface area contributed by atoms with Crippen molar-refractivity contribution in [3.63, 3.8) is 0 Å². The number of halogens is 3. The molecule has 0 amide bonds. The highest BCUT2D eigenvalue weighted by molar-refractivity contribution is 9.10.